The normalized spacial score (nSPS) is 19.7. The van der Waals surface area contributed by atoms with Gasteiger partial charge in [-0.1, -0.05) is 29.2 Å². The summed E-state index contributed by atoms with van der Waals surface area (Å²) in [4.78, 5) is 10.9. The first-order valence-corrected chi connectivity index (χ1v) is 9.85. The lowest BCUT2D eigenvalue weighted by atomic mass is 10.0. The summed E-state index contributed by atoms with van der Waals surface area (Å²) in [6.07, 6.45) is 0.306. The number of aromatic hydroxyl groups is 1. The number of benzene rings is 2. The second-order valence-corrected chi connectivity index (χ2v) is 7.99. The van der Waals surface area contributed by atoms with Gasteiger partial charge in [-0.05, 0) is 48.2 Å². The van der Waals surface area contributed by atoms with Gasteiger partial charge in [0.25, 0.3) is 0 Å². The molecule has 0 saturated carbocycles. The molecule has 1 fully saturated rings. The number of aliphatic hydroxyl groups is 1. The van der Waals surface area contributed by atoms with Crippen LogP contribution in [0.15, 0.2) is 42.5 Å². The van der Waals surface area contributed by atoms with Crippen LogP contribution in [0, 0.1) is 0 Å². The van der Waals surface area contributed by atoms with Crippen LogP contribution in [0.3, 0.4) is 0 Å². The summed E-state index contributed by atoms with van der Waals surface area (Å²) in [6, 6.07) is 12.2. The van der Waals surface area contributed by atoms with E-state index in [0.29, 0.717) is 12.2 Å². The Bertz CT molecular complexity index is 827. The predicted octanol–water partition coefficient (Wildman–Crippen LogP) is 2.41. The Labute approximate surface area is 158 Å². The molecular formula is C18H22N2O6S. The molecule has 0 spiro atoms. The zero-order valence-electron chi connectivity index (χ0n) is 14.7. The largest absolute Gasteiger partial charge is 0.506 e. The highest BCUT2D eigenvalue weighted by molar-refractivity contribution is 8.24. The summed E-state index contributed by atoms with van der Waals surface area (Å²) in [6.45, 7) is 1.31. The first-order valence-electron chi connectivity index (χ1n) is 8.35. The highest BCUT2D eigenvalue weighted by atomic mass is 32.3. The Morgan fingerprint density at radius 2 is 1.81 bits per heavy atom. The standard InChI is InChI=1S/C18H22N2O6S/c1-12(21)26-15-7-4-13(5-8-15)2-3-14-6-9-16(17(22)10-14)20-11-18(23)19-27(20,24)25/h4-10,18-19,22-25H,2-3,11H2,1H3. The molecule has 9 heteroatoms. The van der Waals surface area contributed by atoms with E-state index in [0.717, 1.165) is 21.9 Å². The molecule has 1 aliphatic rings. The molecule has 27 heavy (non-hydrogen) atoms. The zero-order valence-corrected chi connectivity index (χ0v) is 15.5. The number of hydrogen-bond donors (Lipinski definition) is 5. The fraction of sp³-hybridized carbons (Fsp3) is 0.278. The summed E-state index contributed by atoms with van der Waals surface area (Å²) >= 11 is 0. The van der Waals surface area contributed by atoms with Gasteiger partial charge in [-0.15, -0.1) is 0 Å². The van der Waals surface area contributed by atoms with Crippen LogP contribution in [0.5, 0.6) is 11.5 Å². The molecule has 2 aromatic carbocycles. The molecule has 0 radical (unpaired) electrons. The van der Waals surface area contributed by atoms with Gasteiger partial charge in [0.1, 0.15) is 23.4 Å². The van der Waals surface area contributed by atoms with Crippen molar-refractivity contribution in [3.05, 3.63) is 53.6 Å². The van der Waals surface area contributed by atoms with E-state index in [2.05, 4.69) is 4.72 Å². The minimum atomic E-state index is -3.36. The lowest BCUT2D eigenvalue weighted by Crippen LogP contribution is -2.25. The molecule has 146 valence electrons. The van der Waals surface area contributed by atoms with Gasteiger partial charge >= 0.3 is 5.97 Å². The monoisotopic (exact) mass is 394 g/mol. The molecule has 0 amide bonds. The van der Waals surface area contributed by atoms with Crippen LogP contribution >= 0.6 is 11.0 Å². The van der Waals surface area contributed by atoms with Crippen molar-refractivity contribution in [1.82, 2.24) is 4.72 Å². The number of anilines is 1. The van der Waals surface area contributed by atoms with Crippen LogP contribution in [0.25, 0.3) is 0 Å². The van der Waals surface area contributed by atoms with Crippen molar-refractivity contribution in [3.8, 4) is 11.5 Å². The van der Waals surface area contributed by atoms with Gasteiger partial charge in [-0.25, -0.2) is 0 Å². The zero-order chi connectivity index (χ0) is 19.6. The summed E-state index contributed by atoms with van der Waals surface area (Å²) < 4.78 is 28.3. The maximum Gasteiger partial charge on any atom is 0.308 e. The Morgan fingerprint density at radius 3 is 2.37 bits per heavy atom. The minimum absolute atomic E-state index is 0.0378. The van der Waals surface area contributed by atoms with Crippen LogP contribution < -0.4 is 13.8 Å². The number of carbonyl (C=O) groups excluding carboxylic acids is 1. The molecular weight excluding hydrogens is 372 g/mol. The van der Waals surface area contributed by atoms with E-state index in [4.69, 9.17) is 4.74 Å². The molecule has 0 bridgehead atoms. The van der Waals surface area contributed by atoms with Crippen molar-refractivity contribution in [2.75, 3.05) is 10.8 Å². The van der Waals surface area contributed by atoms with Crippen LogP contribution in [0.4, 0.5) is 5.69 Å². The number of β-amino-alcohol motifs (C(OH)–C–C–N with tert-alkyl or cyclic N) is 1. The number of carbonyl (C=O) groups is 1. The van der Waals surface area contributed by atoms with Crippen LogP contribution in [0.2, 0.25) is 0 Å². The molecule has 1 unspecified atom stereocenters. The van der Waals surface area contributed by atoms with Crippen molar-refractivity contribution < 1.29 is 28.8 Å². The average Bonchev–Trinajstić information content (AvgIpc) is 2.86. The Morgan fingerprint density at radius 1 is 1.19 bits per heavy atom. The molecule has 5 N–H and O–H groups in total. The van der Waals surface area contributed by atoms with E-state index < -0.39 is 17.2 Å². The van der Waals surface area contributed by atoms with Crippen molar-refractivity contribution >= 4 is 22.6 Å². The minimum Gasteiger partial charge on any atom is -0.506 e. The highest BCUT2D eigenvalue weighted by Gasteiger charge is 2.36. The number of esters is 1. The van der Waals surface area contributed by atoms with E-state index in [1.807, 2.05) is 12.1 Å². The Hall–Kier alpha value is -2.30. The summed E-state index contributed by atoms with van der Waals surface area (Å²) in [5, 5.41) is 19.8. The SMILES string of the molecule is CC(=O)Oc1ccc(CCc2ccc(N3CC(O)NS3(O)O)c(O)c2)cc1. The lowest BCUT2D eigenvalue weighted by molar-refractivity contribution is -0.131. The molecule has 8 nitrogen and oxygen atoms in total. The summed E-state index contributed by atoms with van der Waals surface area (Å²) in [5.74, 6) is 0.0397. The van der Waals surface area contributed by atoms with Crippen molar-refractivity contribution in [3.63, 3.8) is 0 Å². The van der Waals surface area contributed by atoms with E-state index in [9.17, 15) is 24.1 Å². The maximum absolute atomic E-state index is 10.9. The number of rotatable bonds is 5. The van der Waals surface area contributed by atoms with Gasteiger partial charge in [0.15, 0.2) is 0 Å². The van der Waals surface area contributed by atoms with E-state index >= 15 is 0 Å². The van der Waals surface area contributed by atoms with Crippen molar-refractivity contribution in [2.45, 2.75) is 26.0 Å². The first kappa shape index (κ1) is 19.5. The Kier molecular flexibility index (Phi) is 5.59. The second kappa shape index (κ2) is 7.75. The Balaban J connectivity index is 1.65. The molecule has 0 aliphatic carbocycles. The van der Waals surface area contributed by atoms with Gasteiger partial charge in [-0.2, -0.15) is 4.72 Å². The van der Waals surface area contributed by atoms with Crippen LogP contribution in [-0.2, 0) is 17.6 Å². The second-order valence-electron chi connectivity index (χ2n) is 6.27. The maximum atomic E-state index is 10.9. The number of hydrogen-bond acceptors (Lipinski definition) is 8. The third-order valence-electron chi connectivity index (χ3n) is 4.14. The van der Waals surface area contributed by atoms with E-state index in [1.54, 1.807) is 30.3 Å². The van der Waals surface area contributed by atoms with Crippen molar-refractivity contribution in [1.29, 1.82) is 0 Å². The van der Waals surface area contributed by atoms with Crippen LogP contribution in [0.1, 0.15) is 18.1 Å². The van der Waals surface area contributed by atoms with Gasteiger partial charge in [0, 0.05) is 6.92 Å². The number of nitrogens with one attached hydrogen (secondary N) is 1. The number of nitrogens with zero attached hydrogens (tertiary/aromatic N) is 1. The first-order chi connectivity index (χ1) is 12.7. The van der Waals surface area contributed by atoms with Gasteiger partial charge in [0.2, 0.25) is 0 Å². The van der Waals surface area contributed by atoms with Crippen LogP contribution in [-0.4, -0.2) is 38.1 Å². The van der Waals surface area contributed by atoms with E-state index in [1.165, 1.54) is 6.92 Å². The molecule has 1 saturated heterocycles. The molecule has 1 heterocycles. The van der Waals surface area contributed by atoms with E-state index in [-0.39, 0.29) is 24.0 Å². The third kappa shape index (κ3) is 4.71. The molecule has 1 aliphatic heterocycles. The molecule has 3 rings (SSSR count). The highest BCUT2D eigenvalue weighted by Crippen LogP contribution is 2.49. The number of phenolic OH excluding ortho intramolecular Hbond substituents is 1. The van der Waals surface area contributed by atoms with Crippen molar-refractivity contribution in [2.24, 2.45) is 0 Å². The fourth-order valence-corrected chi connectivity index (χ4v) is 4.24. The molecule has 0 aromatic heterocycles. The number of aryl methyl sites for hydroxylation is 2. The summed E-state index contributed by atoms with van der Waals surface area (Å²) in [7, 11) is -3.36. The topological polar surface area (TPSA) is 122 Å². The number of ether oxygens (including phenoxy) is 1. The van der Waals surface area contributed by atoms with Gasteiger partial charge < -0.3 is 14.9 Å². The smallest absolute Gasteiger partial charge is 0.308 e. The van der Waals surface area contributed by atoms with Gasteiger partial charge in [-0.3, -0.25) is 18.2 Å². The third-order valence-corrected chi connectivity index (χ3v) is 5.68. The lowest BCUT2D eigenvalue weighted by Gasteiger charge is -2.36. The molecule has 2 aromatic rings. The predicted molar refractivity (Wildman–Crippen MR) is 103 cm³/mol. The number of aliphatic hydroxyl groups excluding tert-OH is 1. The fourth-order valence-electron chi connectivity index (χ4n) is 2.89. The quantitative estimate of drug-likeness (QED) is 0.387. The summed E-state index contributed by atoms with van der Waals surface area (Å²) in [5.41, 5.74) is 2.17. The average molecular weight is 394 g/mol. The van der Waals surface area contributed by atoms with Gasteiger partial charge in [0.05, 0.1) is 6.54 Å². The number of phenols is 1. The molecule has 1 atom stereocenters.